The Morgan fingerprint density at radius 2 is 0.566 bits per heavy atom. The van der Waals surface area contributed by atoms with E-state index in [-0.39, 0.29) is 0 Å². The smallest absolute Gasteiger partial charge is 0.135 e. The molecule has 2 aromatic heterocycles. The van der Waals surface area contributed by atoms with Crippen molar-refractivity contribution in [1.82, 2.24) is 0 Å². The van der Waals surface area contributed by atoms with Gasteiger partial charge in [0.15, 0.2) is 0 Å². The van der Waals surface area contributed by atoms with Crippen LogP contribution in [0.15, 0.2) is 294 Å². The Bertz CT molecular complexity index is 4240. The molecule has 0 fully saturated rings. The summed E-state index contributed by atoms with van der Waals surface area (Å²) >= 11 is 0. The van der Waals surface area contributed by atoms with Crippen molar-refractivity contribution < 1.29 is 8.83 Å². The Kier molecular flexibility index (Phi) is 10.1. The molecule has 356 valence electrons. The zero-order chi connectivity index (χ0) is 50.2. The molecule has 0 amide bonds. The Morgan fingerprint density at radius 3 is 0.987 bits per heavy atom. The predicted octanol–water partition coefficient (Wildman–Crippen LogP) is 20.0. The fraction of sp³-hybridized carbons (Fsp3) is 0.0137. The summed E-state index contributed by atoms with van der Waals surface area (Å²) in [5.41, 5.74) is 23.0. The van der Waals surface area contributed by atoms with Crippen molar-refractivity contribution in [3.05, 3.63) is 307 Å². The molecule has 3 nitrogen and oxygen atoms in total. The average Bonchev–Trinajstić information content (AvgIpc) is 4.18. The van der Waals surface area contributed by atoms with Crippen LogP contribution in [0.5, 0.6) is 0 Å². The van der Waals surface area contributed by atoms with E-state index >= 15 is 0 Å². The van der Waals surface area contributed by atoms with E-state index in [0.29, 0.717) is 0 Å². The molecule has 0 saturated carbocycles. The molecule has 0 bridgehead atoms. The highest BCUT2D eigenvalue weighted by molar-refractivity contribution is 6.09. The van der Waals surface area contributed by atoms with E-state index in [4.69, 9.17) is 8.83 Å². The summed E-state index contributed by atoms with van der Waals surface area (Å²) in [6.07, 6.45) is 0. The number of furan rings is 2. The maximum atomic E-state index is 6.38. The van der Waals surface area contributed by atoms with Crippen LogP contribution in [0, 0.1) is 0 Å². The molecular weight excluding hydrogens is 923 g/mol. The van der Waals surface area contributed by atoms with Crippen LogP contribution in [-0.2, 0) is 5.41 Å². The molecule has 2 heterocycles. The van der Waals surface area contributed by atoms with Gasteiger partial charge in [0.2, 0.25) is 0 Å². The Hall–Kier alpha value is -9.96. The van der Waals surface area contributed by atoms with Gasteiger partial charge >= 0.3 is 0 Å². The summed E-state index contributed by atoms with van der Waals surface area (Å²) in [7, 11) is 0. The first-order valence-electron chi connectivity index (χ1n) is 26.0. The van der Waals surface area contributed by atoms with Gasteiger partial charge in [0, 0.05) is 38.6 Å². The monoisotopic (exact) mass is 969 g/mol. The van der Waals surface area contributed by atoms with Crippen molar-refractivity contribution in [1.29, 1.82) is 0 Å². The van der Waals surface area contributed by atoms with Crippen molar-refractivity contribution in [2.75, 3.05) is 4.90 Å². The maximum absolute atomic E-state index is 6.38. The van der Waals surface area contributed by atoms with Crippen molar-refractivity contribution >= 4 is 60.9 Å². The van der Waals surface area contributed by atoms with Crippen LogP contribution >= 0.6 is 0 Å². The van der Waals surface area contributed by atoms with Gasteiger partial charge in [0.05, 0.1) is 5.41 Å². The molecule has 1 aliphatic carbocycles. The van der Waals surface area contributed by atoms with Gasteiger partial charge in [-0.1, -0.05) is 200 Å². The number of hydrogen-bond donors (Lipinski definition) is 0. The SMILES string of the molecule is c1ccc(-c2ccc3oc4ccc(-c5ccc(N(c6ccc(-c7ccc8oc9ccc(-c%10ccccc%10)cc9c8c7)cc6)c6ccc7c(c6)-c6ccccc6C7(c6ccccc6)c6ccccc6)cc5)cc4c3c2)cc1. The minimum Gasteiger partial charge on any atom is -0.456 e. The molecule has 12 aromatic carbocycles. The lowest BCUT2D eigenvalue weighted by Gasteiger charge is -2.34. The molecule has 0 N–H and O–H groups in total. The Balaban J connectivity index is 0.850. The van der Waals surface area contributed by atoms with Crippen molar-refractivity contribution in [2.45, 2.75) is 5.41 Å². The summed E-state index contributed by atoms with van der Waals surface area (Å²) in [5, 5.41) is 4.44. The molecule has 15 rings (SSSR count). The van der Waals surface area contributed by atoms with Crippen LogP contribution in [-0.4, -0.2) is 0 Å². The number of fused-ring (bicyclic) bond motifs is 9. The highest BCUT2D eigenvalue weighted by Crippen LogP contribution is 2.57. The van der Waals surface area contributed by atoms with Gasteiger partial charge in [-0.3, -0.25) is 0 Å². The van der Waals surface area contributed by atoms with Gasteiger partial charge in [-0.15, -0.1) is 0 Å². The molecule has 0 aliphatic heterocycles. The van der Waals surface area contributed by atoms with E-state index in [1.54, 1.807) is 0 Å². The fourth-order valence-corrected chi connectivity index (χ4v) is 12.2. The molecule has 76 heavy (non-hydrogen) atoms. The lowest BCUT2D eigenvalue weighted by Crippen LogP contribution is -2.28. The molecule has 0 unspecified atom stereocenters. The van der Waals surface area contributed by atoms with Gasteiger partial charge in [-0.05, 0) is 163 Å². The highest BCUT2D eigenvalue weighted by Gasteiger charge is 2.46. The van der Waals surface area contributed by atoms with Crippen LogP contribution in [0.2, 0.25) is 0 Å². The van der Waals surface area contributed by atoms with Crippen molar-refractivity contribution in [2.24, 2.45) is 0 Å². The molecule has 0 spiro atoms. The first-order valence-corrected chi connectivity index (χ1v) is 26.0. The van der Waals surface area contributed by atoms with Gasteiger partial charge in [0.25, 0.3) is 0 Å². The average molecular weight is 970 g/mol. The van der Waals surface area contributed by atoms with Gasteiger partial charge in [-0.25, -0.2) is 0 Å². The second-order valence-corrected chi connectivity index (χ2v) is 20.0. The quantitative estimate of drug-likeness (QED) is 0.144. The molecule has 14 aromatic rings. The first-order chi connectivity index (χ1) is 37.6. The van der Waals surface area contributed by atoms with E-state index in [1.807, 2.05) is 0 Å². The molecular formula is C73H47NO2. The van der Waals surface area contributed by atoms with Crippen LogP contribution in [0.3, 0.4) is 0 Å². The fourth-order valence-electron chi connectivity index (χ4n) is 12.2. The summed E-state index contributed by atoms with van der Waals surface area (Å²) in [6, 6.07) is 103. The zero-order valence-corrected chi connectivity index (χ0v) is 41.4. The molecule has 3 heteroatoms. The molecule has 0 radical (unpaired) electrons. The van der Waals surface area contributed by atoms with Crippen LogP contribution in [0.4, 0.5) is 17.1 Å². The second kappa shape index (κ2) is 17.6. The molecule has 0 saturated heterocycles. The van der Waals surface area contributed by atoms with Crippen LogP contribution in [0.1, 0.15) is 22.3 Å². The number of anilines is 3. The third kappa shape index (κ3) is 7.05. The van der Waals surface area contributed by atoms with Crippen molar-refractivity contribution in [3.63, 3.8) is 0 Å². The summed E-state index contributed by atoms with van der Waals surface area (Å²) in [4.78, 5) is 2.40. The summed E-state index contributed by atoms with van der Waals surface area (Å²) in [5.74, 6) is 0. The van der Waals surface area contributed by atoms with Gasteiger partial charge in [0.1, 0.15) is 22.3 Å². The first kappa shape index (κ1) is 43.6. The third-order valence-corrected chi connectivity index (χ3v) is 15.8. The van der Waals surface area contributed by atoms with E-state index in [1.165, 1.54) is 55.6 Å². The van der Waals surface area contributed by atoms with E-state index < -0.39 is 5.41 Å². The number of benzene rings is 12. The van der Waals surface area contributed by atoms with Gasteiger partial charge < -0.3 is 13.7 Å². The Labute approximate surface area is 440 Å². The van der Waals surface area contributed by atoms with E-state index in [0.717, 1.165) is 83.2 Å². The minimum absolute atomic E-state index is 0.490. The van der Waals surface area contributed by atoms with E-state index in [2.05, 4.69) is 290 Å². The standard InChI is InChI=1S/C73H47NO2/c1-5-15-48(16-6-1)52-29-39-69-63(43-52)65-45-54(31-41-71(65)75-69)50-25-33-58(34-26-50)74(59-35-27-51(28-36-59)55-32-42-72-66(46-55)64-44-53(30-40-70(64)76-72)49-17-7-2-8-18-49)60-37-38-68-62(47-60)61-23-13-14-24-67(61)73(68,56-19-9-3-10-20-56)57-21-11-4-12-22-57/h1-47H. The summed E-state index contributed by atoms with van der Waals surface area (Å²) in [6.45, 7) is 0. The topological polar surface area (TPSA) is 29.5 Å². The lowest BCUT2D eigenvalue weighted by molar-refractivity contribution is 0.668. The molecule has 0 atom stereocenters. The molecule has 1 aliphatic rings. The third-order valence-electron chi connectivity index (χ3n) is 15.8. The number of rotatable bonds is 9. The van der Waals surface area contributed by atoms with Gasteiger partial charge in [-0.2, -0.15) is 0 Å². The summed E-state index contributed by atoms with van der Waals surface area (Å²) < 4.78 is 12.8. The normalized spacial score (nSPS) is 12.6. The zero-order valence-electron chi connectivity index (χ0n) is 41.4. The number of hydrogen-bond acceptors (Lipinski definition) is 3. The second-order valence-electron chi connectivity index (χ2n) is 20.0. The Morgan fingerprint density at radius 1 is 0.237 bits per heavy atom. The predicted molar refractivity (Wildman–Crippen MR) is 315 cm³/mol. The lowest BCUT2D eigenvalue weighted by atomic mass is 9.68. The van der Waals surface area contributed by atoms with Crippen molar-refractivity contribution in [3.8, 4) is 55.6 Å². The maximum Gasteiger partial charge on any atom is 0.135 e. The minimum atomic E-state index is -0.490. The number of nitrogens with zero attached hydrogens (tertiary/aromatic N) is 1. The highest BCUT2D eigenvalue weighted by atomic mass is 16.3. The largest absolute Gasteiger partial charge is 0.456 e. The van der Waals surface area contributed by atoms with E-state index in [9.17, 15) is 0 Å². The van der Waals surface area contributed by atoms with Crippen LogP contribution in [0.25, 0.3) is 99.5 Å². The van der Waals surface area contributed by atoms with Crippen LogP contribution < -0.4 is 4.90 Å².